The van der Waals surface area contributed by atoms with Gasteiger partial charge in [-0.15, -0.1) is 0 Å². The Morgan fingerprint density at radius 3 is 2.47 bits per heavy atom. The minimum atomic E-state index is -0.779. The molecule has 1 aromatic heterocycles. The molecular formula is C24H28N2O4. The number of ether oxygens (including phenoxy) is 1. The summed E-state index contributed by atoms with van der Waals surface area (Å²) in [6, 6.07) is 10.9. The molecule has 1 aromatic carbocycles. The van der Waals surface area contributed by atoms with E-state index in [2.05, 4.69) is 35.5 Å². The van der Waals surface area contributed by atoms with Gasteiger partial charge in [0.2, 0.25) is 0 Å². The van der Waals surface area contributed by atoms with Crippen LogP contribution in [-0.2, 0) is 11.3 Å². The van der Waals surface area contributed by atoms with Crippen molar-refractivity contribution in [3.05, 3.63) is 52.9 Å². The molecule has 6 rings (SSSR count). The minimum Gasteiger partial charge on any atom is -0.465 e. The number of amides is 1. The Hall–Kier alpha value is -2.34. The molecule has 0 spiro atoms. The summed E-state index contributed by atoms with van der Waals surface area (Å²) in [6.45, 7) is 0.542. The SMILES string of the molecule is O=C(O)N1C2CCC1CC(OCc1c(C3CC3c3ccccc3)noc1C1CC1)C2. The molecule has 4 aliphatic rings. The molecular weight excluding hydrogens is 380 g/mol. The highest BCUT2D eigenvalue weighted by Crippen LogP contribution is 2.56. The Labute approximate surface area is 176 Å². The van der Waals surface area contributed by atoms with Crippen molar-refractivity contribution < 1.29 is 19.2 Å². The second-order valence-electron chi connectivity index (χ2n) is 9.52. The van der Waals surface area contributed by atoms with Gasteiger partial charge in [-0.05, 0) is 56.4 Å². The average molecular weight is 408 g/mol. The topological polar surface area (TPSA) is 75.8 Å². The highest BCUT2D eigenvalue weighted by atomic mass is 16.5. The van der Waals surface area contributed by atoms with Crippen molar-refractivity contribution in [1.82, 2.24) is 10.1 Å². The lowest BCUT2D eigenvalue weighted by Crippen LogP contribution is -2.47. The third-order valence-electron chi connectivity index (χ3n) is 7.54. The summed E-state index contributed by atoms with van der Waals surface area (Å²) in [6.07, 6.45) is 6.35. The van der Waals surface area contributed by atoms with Gasteiger partial charge in [0.25, 0.3) is 0 Å². The van der Waals surface area contributed by atoms with E-state index in [1.807, 2.05) is 0 Å². The van der Waals surface area contributed by atoms with Crippen LogP contribution < -0.4 is 0 Å². The zero-order valence-electron chi connectivity index (χ0n) is 17.1. The van der Waals surface area contributed by atoms with Crippen LogP contribution in [0.4, 0.5) is 4.79 Å². The first-order valence-electron chi connectivity index (χ1n) is 11.3. The van der Waals surface area contributed by atoms with Crippen molar-refractivity contribution in [3.63, 3.8) is 0 Å². The molecule has 6 nitrogen and oxygen atoms in total. The zero-order valence-corrected chi connectivity index (χ0v) is 17.1. The van der Waals surface area contributed by atoms with E-state index in [9.17, 15) is 9.90 Å². The molecule has 3 heterocycles. The Kier molecular flexibility index (Phi) is 4.37. The molecule has 6 heteroatoms. The fourth-order valence-electron chi connectivity index (χ4n) is 5.78. The fraction of sp³-hybridized carbons (Fsp3) is 0.583. The number of carboxylic acid groups (broad SMARTS) is 1. The van der Waals surface area contributed by atoms with Crippen LogP contribution in [0.2, 0.25) is 0 Å². The van der Waals surface area contributed by atoms with E-state index in [-0.39, 0.29) is 18.2 Å². The maximum absolute atomic E-state index is 11.5. The maximum Gasteiger partial charge on any atom is 0.407 e. The third kappa shape index (κ3) is 3.22. The lowest BCUT2D eigenvalue weighted by atomic mass is 10.00. The molecule has 4 unspecified atom stereocenters. The number of fused-ring (bicyclic) bond motifs is 2. The lowest BCUT2D eigenvalue weighted by Gasteiger charge is -2.36. The van der Waals surface area contributed by atoms with Crippen molar-refractivity contribution in [3.8, 4) is 0 Å². The molecule has 1 N–H and O–H groups in total. The van der Waals surface area contributed by atoms with Crippen LogP contribution in [0.15, 0.2) is 34.9 Å². The smallest absolute Gasteiger partial charge is 0.407 e. The molecule has 30 heavy (non-hydrogen) atoms. The second kappa shape index (κ2) is 7.12. The number of aromatic nitrogens is 1. The molecule has 1 amide bonds. The zero-order chi connectivity index (χ0) is 20.2. The van der Waals surface area contributed by atoms with Crippen LogP contribution >= 0.6 is 0 Å². The summed E-state index contributed by atoms with van der Waals surface area (Å²) >= 11 is 0. The van der Waals surface area contributed by atoms with E-state index in [1.165, 1.54) is 24.0 Å². The summed E-state index contributed by atoms with van der Waals surface area (Å²) in [7, 11) is 0. The van der Waals surface area contributed by atoms with E-state index in [0.717, 1.165) is 43.6 Å². The molecule has 2 aliphatic heterocycles. The lowest BCUT2D eigenvalue weighted by molar-refractivity contribution is -0.0230. The molecule has 2 saturated heterocycles. The van der Waals surface area contributed by atoms with Gasteiger partial charge >= 0.3 is 6.09 Å². The summed E-state index contributed by atoms with van der Waals surface area (Å²) in [5, 5.41) is 14.0. The summed E-state index contributed by atoms with van der Waals surface area (Å²) in [4.78, 5) is 13.2. The predicted molar refractivity (Wildman–Crippen MR) is 110 cm³/mol. The van der Waals surface area contributed by atoms with Crippen LogP contribution in [0.5, 0.6) is 0 Å². The van der Waals surface area contributed by atoms with Gasteiger partial charge in [0.15, 0.2) is 0 Å². The van der Waals surface area contributed by atoms with Crippen molar-refractivity contribution in [2.24, 2.45) is 0 Å². The van der Waals surface area contributed by atoms with E-state index < -0.39 is 6.09 Å². The molecule has 2 saturated carbocycles. The van der Waals surface area contributed by atoms with Gasteiger partial charge in [-0.2, -0.15) is 0 Å². The summed E-state index contributed by atoms with van der Waals surface area (Å²) < 4.78 is 12.2. The van der Waals surface area contributed by atoms with E-state index in [0.29, 0.717) is 24.4 Å². The molecule has 4 fully saturated rings. The second-order valence-corrected chi connectivity index (χ2v) is 9.52. The standard InChI is InChI=1S/C24H28N2O4/c27-24(28)26-16-8-9-17(26)11-18(10-16)29-13-21-22(25-30-23(21)15-6-7-15)20-12-19(20)14-4-2-1-3-5-14/h1-5,15-20H,6-13H2,(H,27,28). The highest BCUT2D eigenvalue weighted by molar-refractivity contribution is 5.66. The van der Waals surface area contributed by atoms with Gasteiger partial charge in [-0.1, -0.05) is 35.5 Å². The van der Waals surface area contributed by atoms with E-state index >= 15 is 0 Å². The number of piperidine rings is 1. The first-order chi connectivity index (χ1) is 14.7. The minimum absolute atomic E-state index is 0.113. The first-order valence-corrected chi connectivity index (χ1v) is 11.3. The number of hydrogen-bond acceptors (Lipinski definition) is 4. The molecule has 4 atom stereocenters. The average Bonchev–Trinajstić information content (AvgIpc) is 3.68. The number of hydrogen-bond donors (Lipinski definition) is 1. The monoisotopic (exact) mass is 408 g/mol. The van der Waals surface area contributed by atoms with Crippen molar-refractivity contribution in [2.45, 2.75) is 87.5 Å². The molecule has 2 aliphatic carbocycles. The largest absolute Gasteiger partial charge is 0.465 e. The predicted octanol–water partition coefficient (Wildman–Crippen LogP) is 5.01. The van der Waals surface area contributed by atoms with Gasteiger partial charge in [0.05, 0.1) is 18.4 Å². The molecule has 2 aromatic rings. The van der Waals surface area contributed by atoms with Crippen molar-refractivity contribution >= 4 is 6.09 Å². The third-order valence-corrected chi connectivity index (χ3v) is 7.54. The first kappa shape index (κ1) is 18.4. The summed E-state index contributed by atoms with van der Waals surface area (Å²) in [5.41, 5.74) is 3.65. The molecule has 0 radical (unpaired) electrons. The Morgan fingerprint density at radius 2 is 1.80 bits per heavy atom. The van der Waals surface area contributed by atoms with Crippen LogP contribution in [-0.4, -0.2) is 39.4 Å². The number of rotatable bonds is 6. The quantitative estimate of drug-likeness (QED) is 0.727. The Morgan fingerprint density at radius 1 is 1.07 bits per heavy atom. The Balaban J connectivity index is 1.17. The number of carbonyl (C=O) groups is 1. The van der Waals surface area contributed by atoms with Crippen LogP contribution in [0.1, 0.15) is 85.3 Å². The fourth-order valence-corrected chi connectivity index (χ4v) is 5.78. The van der Waals surface area contributed by atoms with Crippen molar-refractivity contribution in [2.75, 3.05) is 0 Å². The highest BCUT2D eigenvalue weighted by Gasteiger charge is 2.46. The molecule has 158 valence electrons. The van der Waals surface area contributed by atoms with Gasteiger partial charge in [0.1, 0.15) is 5.76 Å². The van der Waals surface area contributed by atoms with Crippen molar-refractivity contribution in [1.29, 1.82) is 0 Å². The molecule has 2 bridgehead atoms. The van der Waals surface area contributed by atoms with E-state index in [1.54, 1.807) is 4.90 Å². The van der Waals surface area contributed by atoms with Crippen LogP contribution in [0.25, 0.3) is 0 Å². The van der Waals surface area contributed by atoms with Crippen LogP contribution in [0.3, 0.4) is 0 Å². The van der Waals surface area contributed by atoms with Gasteiger partial charge in [0, 0.05) is 29.5 Å². The van der Waals surface area contributed by atoms with Crippen LogP contribution in [0, 0.1) is 0 Å². The van der Waals surface area contributed by atoms with Gasteiger partial charge in [-0.25, -0.2) is 4.79 Å². The Bertz CT molecular complexity index is 924. The van der Waals surface area contributed by atoms with Gasteiger partial charge < -0.3 is 19.3 Å². The van der Waals surface area contributed by atoms with Gasteiger partial charge in [-0.3, -0.25) is 0 Å². The normalized spacial score (nSPS) is 32.4. The number of benzene rings is 1. The summed E-state index contributed by atoms with van der Waals surface area (Å²) in [5.74, 6) is 2.49. The number of nitrogens with zero attached hydrogens (tertiary/aromatic N) is 2. The maximum atomic E-state index is 11.5. The van der Waals surface area contributed by atoms with E-state index in [4.69, 9.17) is 9.26 Å².